The number of nitrogens with zero attached hydrogens (tertiary/aromatic N) is 4. The maximum atomic E-state index is 12.5. The van der Waals surface area contributed by atoms with Crippen molar-refractivity contribution in [2.75, 3.05) is 44.2 Å². The van der Waals surface area contributed by atoms with Gasteiger partial charge in [-0.2, -0.15) is 0 Å². The highest BCUT2D eigenvalue weighted by Crippen LogP contribution is 2.22. The van der Waals surface area contributed by atoms with E-state index in [-0.39, 0.29) is 11.8 Å². The smallest absolute Gasteiger partial charge is 0.222 e. The second kappa shape index (κ2) is 8.32. The number of amides is 2. The fourth-order valence-electron chi connectivity index (χ4n) is 3.80. The molecule has 2 saturated heterocycles. The Morgan fingerprint density at radius 2 is 1.92 bits per heavy atom. The van der Waals surface area contributed by atoms with Gasteiger partial charge in [0.1, 0.15) is 5.82 Å². The Bertz CT molecular complexity index is 584. The molecule has 136 valence electrons. The minimum atomic E-state index is 0.154. The number of rotatable bonds is 4. The van der Waals surface area contributed by atoms with Crippen LogP contribution in [0, 0.1) is 5.92 Å². The molecular formula is C19H28N4O2. The van der Waals surface area contributed by atoms with Crippen molar-refractivity contribution < 1.29 is 9.59 Å². The molecule has 0 saturated carbocycles. The lowest BCUT2D eigenvalue weighted by atomic mass is 9.93. The van der Waals surface area contributed by atoms with Gasteiger partial charge in [0.25, 0.3) is 0 Å². The Balaban J connectivity index is 1.41. The van der Waals surface area contributed by atoms with Crippen LogP contribution in [0.15, 0.2) is 24.4 Å². The summed E-state index contributed by atoms with van der Waals surface area (Å²) >= 11 is 0. The first-order chi connectivity index (χ1) is 12.1. The summed E-state index contributed by atoms with van der Waals surface area (Å²) in [5.74, 6) is 1.86. The van der Waals surface area contributed by atoms with E-state index < -0.39 is 0 Å². The van der Waals surface area contributed by atoms with E-state index in [4.69, 9.17) is 0 Å². The molecule has 6 nitrogen and oxygen atoms in total. The molecule has 0 N–H and O–H groups in total. The van der Waals surface area contributed by atoms with Crippen molar-refractivity contribution in [1.82, 2.24) is 14.8 Å². The summed E-state index contributed by atoms with van der Waals surface area (Å²) in [6.07, 6.45) is 5.48. The van der Waals surface area contributed by atoms with Gasteiger partial charge in [-0.05, 0) is 37.3 Å². The molecule has 1 aromatic heterocycles. The van der Waals surface area contributed by atoms with Crippen molar-refractivity contribution >= 4 is 17.6 Å². The number of carbonyl (C=O) groups excluding carboxylic acids is 2. The maximum Gasteiger partial charge on any atom is 0.222 e. The molecule has 2 aliphatic heterocycles. The zero-order valence-corrected chi connectivity index (χ0v) is 15.1. The van der Waals surface area contributed by atoms with E-state index in [0.29, 0.717) is 12.3 Å². The van der Waals surface area contributed by atoms with E-state index in [1.165, 1.54) is 0 Å². The molecular weight excluding hydrogens is 316 g/mol. The number of likely N-dealkylation sites (tertiary alicyclic amines) is 1. The van der Waals surface area contributed by atoms with Gasteiger partial charge in [-0.25, -0.2) is 4.98 Å². The van der Waals surface area contributed by atoms with Crippen LogP contribution < -0.4 is 4.90 Å². The lowest BCUT2D eigenvalue weighted by Crippen LogP contribution is -2.49. The first-order valence-corrected chi connectivity index (χ1v) is 9.33. The molecule has 2 fully saturated rings. The van der Waals surface area contributed by atoms with Gasteiger partial charge in [0.2, 0.25) is 11.8 Å². The fraction of sp³-hybridized carbons (Fsp3) is 0.632. The second-order valence-corrected chi connectivity index (χ2v) is 7.07. The van der Waals surface area contributed by atoms with Crippen LogP contribution in [0.4, 0.5) is 5.82 Å². The van der Waals surface area contributed by atoms with Crippen molar-refractivity contribution in [3.8, 4) is 0 Å². The highest BCUT2D eigenvalue weighted by molar-refractivity contribution is 5.76. The molecule has 6 heteroatoms. The van der Waals surface area contributed by atoms with Crippen LogP contribution in [0.5, 0.6) is 0 Å². The summed E-state index contributed by atoms with van der Waals surface area (Å²) in [4.78, 5) is 34.5. The van der Waals surface area contributed by atoms with Crippen molar-refractivity contribution in [3.05, 3.63) is 24.4 Å². The highest BCUT2D eigenvalue weighted by atomic mass is 16.2. The van der Waals surface area contributed by atoms with Gasteiger partial charge in [-0.3, -0.25) is 9.59 Å². The SMILES string of the molecule is CC(=O)N1CCCC(CCC(=O)N2CCN(c3ccccn3)CC2)C1. The Hall–Kier alpha value is -2.11. The van der Waals surface area contributed by atoms with Gasteiger partial charge in [0, 0.05) is 58.8 Å². The number of piperidine rings is 1. The van der Waals surface area contributed by atoms with Gasteiger partial charge in [-0.15, -0.1) is 0 Å². The van der Waals surface area contributed by atoms with Crippen LogP contribution in [0.3, 0.4) is 0 Å². The van der Waals surface area contributed by atoms with Gasteiger partial charge in [0.15, 0.2) is 0 Å². The van der Waals surface area contributed by atoms with E-state index >= 15 is 0 Å². The normalized spacial score (nSPS) is 21.3. The number of piperazine rings is 1. The quantitative estimate of drug-likeness (QED) is 0.835. The number of hydrogen-bond acceptors (Lipinski definition) is 4. The molecule has 0 bridgehead atoms. The van der Waals surface area contributed by atoms with Gasteiger partial charge >= 0.3 is 0 Å². The molecule has 2 aliphatic rings. The van der Waals surface area contributed by atoms with Crippen LogP contribution >= 0.6 is 0 Å². The predicted molar refractivity (Wildman–Crippen MR) is 97.2 cm³/mol. The molecule has 25 heavy (non-hydrogen) atoms. The number of anilines is 1. The van der Waals surface area contributed by atoms with Crippen LogP contribution in [-0.4, -0.2) is 65.9 Å². The first kappa shape index (κ1) is 17.7. The summed E-state index contributed by atoms with van der Waals surface area (Å²) in [6.45, 7) is 6.52. The average molecular weight is 344 g/mol. The number of hydrogen-bond donors (Lipinski definition) is 0. The van der Waals surface area contributed by atoms with E-state index in [9.17, 15) is 9.59 Å². The second-order valence-electron chi connectivity index (χ2n) is 7.07. The zero-order chi connectivity index (χ0) is 17.6. The summed E-state index contributed by atoms with van der Waals surface area (Å²) in [7, 11) is 0. The Morgan fingerprint density at radius 3 is 2.60 bits per heavy atom. The lowest BCUT2D eigenvalue weighted by molar-refractivity contribution is -0.132. The summed E-state index contributed by atoms with van der Waals surface area (Å²) < 4.78 is 0. The van der Waals surface area contributed by atoms with Gasteiger partial charge < -0.3 is 14.7 Å². The summed E-state index contributed by atoms with van der Waals surface area (Å²) in [5.41, 5.74) is 0. The van der Waals surface area contributed by atoms with Crippen molar-refractivity contribution in [3.63, 3.8) is 0 Å². The molecule has 0 aromatic carbocycles. The van der Waals surface area contributed by atoms with E-state index in [1.807, 2.05) is 28.0 Å². The molecule has 1 atom stereocenters. The molecule has 0 radical (unpaired) electrons. The van der Waals surface area contributed by atoms with Crippen LogP contribution in [0.1, 0.15) is 32.6 Å². The van der Waals surface area contributed by atoms with Crippen molar-refractivity contribution in [2.45, 2.75) is 32.6 Å². The lowest BCUT2D eigenvalue weighted by Gasteiger charge is -2.36. The minimum absolute atomic E-state index is 0.154. The Kier molecular flexibility index (Phi) is 5.89. The Labute approximate surface area is 149 Å². The van der Waals surface area contributed by atoms with Crippen molar-refractivity contribution in [2.24, 2.45) is 5.92 Å². The largest absolute Gasteiger partial charge is 0.353 e. The minimum Gasteiger partial charge on any atom is -0.353 e. The molecule has 3 rings (SSSR count). The van der Waals surface area contributed by atoms with Crippen LogP contribution in [0.25, 0.3) is 0 Å². The number of carbonyl (C=O) groups is 2. The van der Waals surface area contributed by atoms with Gasteiger partial charge in [0.05, 0.1) is 0 Å². The predicted octanol–water partition coefficient (Wildman–Crippen LogP) is 1.77. The maximum absolute atomic E-state index is 12.5. The van der Waals surface area contributed by atoms with Gasteiger partial charge in [-0.1, -0.05) is 6.07 Å². The third-order valence-electron chi connectivity index (χ3n) is 5.34. The molecule has 1 unspecified atom stereocenters. The van der Waals surface area contributed by atoms with Crippen LogP contribution in [0.2, 0.25) is 0 Å². The highest BCUT2D eigenvalue weighted by Gasteiger charge is 2.25. The summed E-state index contributed by atoms with van der Waals surface area (Å²) in [6, 6.07) is 5.93. The molecule has 1 aromatic rings. The number of aromatic nitrogens is 1. The topological polar surface area (TPSA) is 56.8 Å². The molecule has 3 heterocycles. The zero-order valence-electron chi connectivity index (χ0n) is 15.1. The molecule has 2 amide bonds. The van der Waals surface area contributed by atoms with E-state index in [0.717, 1.165) is 64.3 Å². The van der Waals surface area contributed by atoms with Crippen molar-refractivity contribution in [1.29, 1.82) is 0 Å². The third kappa shape index (κ3) is 4.71. The monoisotopic (exact) mass is 344 g/mol. The molecule has 0 spiro atoms. The average Bonchev–Trinajstić information content (AvgIpc) is 2.67. The first-order valence-electron chi connectivity index (χ1n) is 9.33. The standard InChI is InChI=1S/C19H28N4O2/c1-16(24)23-10-4-5-17(15-23)7-8-19(25)22-13-11-21(12-14-22)18-6-2-3-9-20-18/h2-3,6,9,17H,4-5,7-8,10-15H2,1H3. The third-order valence-corrected chi connectivity index (χ3v) is 5.34. The molecule has 0 aliphatic carbocycles. The number of pyridine rings is 1. The summed E-state index contributed by atoms with van der Waals surface area (Å²) in [5, 5.41) is 0. The fourth-order valence-corrected chi connectivity index (χ4v) is 3.80. The van der Waals surface area contributed by atoms with Crippen LogP contribution in [-0.2, 0) is 9.59 Å². The van der Waals surface area contributed by atoms with E-state index in [1.54, 1.807) is 13.1 Å². The Morgan fingerprint density at radius 1 is 1.12 bits per heavy atom. The van der Waals surface area contributed by atoms with E-state index in [2.05, 4.69) is 9.88 Å².